The SMILES string of the molecule is OCCn1ncnc1N1CC2=C(CCOc3cc(Br)ccc32)S1. The average molecular weight is 395 g/mol. The number of fused-ring (bicyclic) bond motifs is 2. The molecule has 0 amide bonds. The molecule has 0 spiro atoms. The number of rotatable bonds is 3. The van der Waals surface area contributed by atoms with Crippen LogP contribution in [0, 0.1) is 0 Å². The Morgan fingerprint density at radius 3 is 3.17 bits per heavy atom. The fraction of sp³-hybridized carbons (Fsp3) is 0.333. The van der Waals surface area contributed by atoms with Crippen molar-refractivity contribution in [2.45, 2.75) is 13.0 Å². The van der Waals surface area contributed by atoms with Gasteiger partial charge in [0.2, 0.25) is 5.95 Å². The van der Waals surface area contributed by atoms with Gasteiger partial charge in [0.15, 0.2) is 0 Å². The maximum Gasteiger partial charge on any atom is 0.234 e. The number of aromatic nitrogens is 3. The molecule has 23 heavy (non-hydrogen) atoms. The summed E-state index contributed by atoms with van der Waals surface area (Å²) in [6, 6.07) is 6.16. The molecule has 0 saturated heterocycles. The number of anilines is 1. The Balaban J connectivity index is 1.66. The van der Waals surface area contributed by atoms with E-state index in [-0.39, 0.29) is 6.61 Å². The molecule has 0 saturated carbocycles. The highest BCUT2D eigenvalue weighted by atomic mass is 79.9. The number of hydrogen-bond acceptors (Lipinski definition) is 6. The normalized spacial score (nSPS) is 16.9. The quantitative estimate of drug-likeness (QED) is 0.807. The lowest BCUT2D eigenvalue weighted by Crippen LogP contribution is -2.19. The van der Waals surface area contributed by atoms with Gasteiger partial charge >= 0.3 is 0 Å². The van der Waals surface area contributed by atoms with Crippen molar-refractivity contribution in [3.05, 3.63) is 39.5 Å². The van der Waals surface area contributed by atoms with Gasteiger partial charge < -0.3 is 9.84 Å². The molecule has 2 aliphatic heterocycles. The first-order valence-corrected chi connectivity index (χ1v) is 8.92. The second-order valence-corrected chi connectivity index (χ2v) is 7.31. The Morgan fingerprint density at radius 1 is 1.39 bits per heavy atom. The van der Waals surface area contributed by atoms with Gasteiger partial charge in [0.05, 0.1) is 26.3 Å². The van der Waals surface area contributed by atoms with Gasteiger partial charge in [-0.2, -0.15) is 10.1 Å². The molecule has 1 N–H and O–H groups in total. The van der Waals surface area contributed by atoms with Gasteiger partial charge in [0, 0.05) is 21.4 Å². The van der Waals surface area contributed by atoms with Crippen LogP contribution in [-0.4, -0.2) is 39.6 Å². The molecular formula is C15H15BrN4O2S. The van der Waals surface area contributed by atoms with Crippen molar-refractivity contribution in [2.24, 2.45) is 0 Å². The van der Waals surface area contributed by atoms with Crippen molar-refractivity contribution in [2.75, 3.05) is 24.1 Å². The van der Waals surface area contributed by atoms with Crippen LogP contribution in [-0.2, 0) is 6.54 Å². The average Bonchev–Trinajstić information content (AvgIpc) is 3.12. The Morgan fingerprint density at radius 2 is 2.30 bits per heavy atom. The summed E-state index contributed by atoms with van der Waals surface area (Å²) in [4.78, 5) is 5.66. The zero-order valence-corrected chi connectivity index (χ0v) is 14.7. The third kappa shape index (κ3) is 2.75. The Hall–Kier alpha value is -1.51. The maximum absolute atomic E-state index is 9.16. The van der Waals surface area contributed by atoms with Crippen molar-refractivity contribution in [1.29, 1.82) is 0 Å². The lowest BCUT2D eigenvalue weighted by atomic mass is 10.0. The number of ether oxygens (including phenoxy) is 1. The van der Waals surface area contributed by atoms with E-state index >= 15 is 0 Å². The van der Waals surface area contributed by atoms with E-state index in [0.29, 0.717) is 13.2 Å². The topological polar surface area (TPSA) is 63.4 Å². The number of halogens is 1. The van der Waals surface area contributed by atoms with Crippen molar-refractivity contribution in [3.8, 4) is 5.75 Å². The molecule has 0 aliphatic carbocycles. The molecule has 0 atom stereocenters. The second-order valence-electron chi connectivity index (χ2n) is 5.28. The van der Waals surface area contributed by atoms with E-state index in [0.717, 1.165) is 34.7 Å². The number of nitrogens with zero attached hydrogens (tertiary/aromatic N) is 4. The van der Waals surface area contributed by atoms with Gasteiger partial charge in [0.1, 0.15) is 12.1 Å². The zero-order valence-electron chi connectivity index (χ0n) is 12.3. The van der Waals surface area contributed by atoms with Gasteiger partial charge in [-0.25, -0.2) is 4.68 Å². The third-order valence-corrected chi connectivity index (χ3v) is 5.52. The van der Waals surface area contributed by atoms with E-state index in [1.807, 2.05) is 12.1 Å². The Labute approximate surface area is 146 Å². The molecule has 0 radical (unpaired) electrons. The minimum atomic E-state index is 0.0483. The minimum Gasteiger partial charge on any atom is -0.493 e. The summed E-state index contributed by atoms with van der Waals surface area (Å²) in [7, 11) is 0. The molecule has 0 bridgehead atoms. The highest BCUT2D eigenvalue weighted by Gasteiger charge is 2.30. The summed E-state index contributed by atoms with van der Waals surface area (Å²) < 4.78 is 10.8. The standard InChI is InChI=1S/C15H15BrN4O2S/c16-10-1-2-11-12-8-20(15-17-9-18-19(15)4-5-21)23-14(12)3-6-22-13(11)7-10/h1-2,7,9,21H,3-6,8H2. The summed E-state index contributed by atoms with van der Waals surface area (Å²) in [6.45, 7) is 1.92. The Bertz CT molecular complexity index is 777. The van der Waals surface area contributed by atoms with Gasteiger partial charge in [-0.3, -0.25) is 4.31 Å². The van der Waals surface area contributed by atoms with Gasteiger partial charge in [-0.05, 0) is 35.7 Å². The minimum absolute atomic E-state index is 0.0483. The molecule has 4 rings (SSSR count). The van der Waals surface area contributed by atoms with Crippen LogP contribution in [0.5, 0.6) is 5.75 Å². The number of hydrogen-bond donors (Lipinski definition) is 1. The van der Waals surface area contributed by atoms with Gasteiger partial charge in [0.25, 0.3) is 0 Å². The van der Waals surface area contributed by atoms with E-state index in [9.17, 15) is 0 Å². The maximum atomic E-state index is 9.16. The van der Waals surface area contributed by atoms with E-state index in [4.69, 9.17) is 9.84 Å². The summed E-state index contributed by atoms with van der Waals surface area (Å²) in [6.07, 6.45) is 2.42. The highest BCUT2D eigenvalue weighted by molar-refractivity contribution is 9.10. The van der Waals surface area contributed by atoms with Crippen LogP contribution in [0.25, 0.3) is 5.57 Å². The van der Waals surface area contributed by atoms with Crippen molar-refractivity contribution < 1.29 is 9.84 Å². The highest BCUT2D eigenvalue weighted by Crippen LogP contribution is 2.46. The molecule has 0 unspecified atom stereocenters. The molecule has 2 aromatic rings. The van der Waals surface area contributed by atoms with E-state index < -0.39 is 0 Å². The molecule has 8 heteroatoms. The van der Waals surface area contributed by atoms with Crippen LogP contribution < -0.4 is 9.04 Å². The van der Waals surface area contributed by atoms with Crippen LogP contribution >= 0.6 is 27.9 Å². The number of aliphatic hydroxyl groups is 1. The first kappa shape index (κ1) is 15.0. The fourth-order valence-electron chi connectivity index (χ4n) is 2.82. The molecule has 1 aromatic carbocycles. The molecule has 2 aliphatic rings. The first-order chi connectivity index (χ1) is 11.3. The molecular weight excluding hydrogens is 380 g/mol. The van der Waals surface area contributed by atoms with Crippen molar-refractivity contribution in [1.82, 2.24) is 14.8 Å². The van der Waals surface area contributed by atoms with Crippen LogP contribution in [0.2, 0.25) is 0 Å². The summed E-state index contributed by atoms with van der Waals surface area (Å²) in [5.41, 5.74) is 2.43. The Kier molecular flexibility index (Phi) is 4.04. The van der Waals surface area contributed by atoms with Gasteiger partial charge in [-0.1, -0.05) is 15.9 Å². The van der Waals surface area contributed by atoms with Crippen molar-refractivity contribution >= 4 is 39.4 Å². The molecule has 6 nitrogen and oxygen atoms in total. The largest absolute Gasteiger partial charge is 0.493 e. The number of benzene rings is 1. The molecule has 120 valence electrons. The summed E-state index contributed by atoms with van der Waals surface area (Å²) in [5.74, 6) is 1.69. The van der Waals surface area contributed by atoms with E-state index in [1.165, 1.54) is 16.8 Å². The molecule has 1 aromatic heterocycles. The second kappa shape index (κ2) is 6.18. The van der Waals surface area contributed by atoms with Crippen LogP contribution in [0.15, 0.2) is 33.9 Å². The van der Waals surface area contributed by atoms with Crippen LogP contribution in [0.4, 0.5) is 5.95 Å². The van der Waals surface area contributed by atoms with Crippen LogP contribution in [0.1, 0.15) is 12.0 Å². The van der Waals surface area contributed by atoms with E-state index in [1.54, 1.807) is 16.6 Å². The van der Waals surface area contributed by atoms with Gasteiger partial charge in [-0.15, -0.1) is 0 Å². The fourth-order valence-corrected chi connectivity index (χ4v) is 4.30. The monoisotopic (exact) mass is 394 g/mol. The molecule has 3 heterocycles. The third-order valence-electron chi connectivity index (χ3n) is 3.84. The van der Waals surface area contributed by atoms with Crippen molar-refractivity contribution in [3.63, 3.8) is 0 Å². The smallest absolute Gasteiger partial charge is 0.234 e. The van der Waals surface area contributed by atoms with Crippen LogP contribution in [0.3, 0.4) is 0 Å². The summed E-state index contributed by atoms with van der Waals surface area (Å²) in [5, 5.41) is 13.3. The zero-order chi connectivity index (χ0) is 15.8. The lowest BCUT2D eigenvalue weighted by molar-refractivity contribution is 0.270. The molecule has 0 fully saturated rings. The van der Waals surface area contributed by atoms with E-state index in [2.05, 4.69) is 36.4 Å². The lowest BCUT2D eigenvalue weighted by Gasteiger charge is -2.18. The first-order valence-electron chi connectivity index (χ1n) is 7.35. The summed E-state index contributed by atoms with van der Waals surface area (Å²) >= 11 is 5.19. The predicted molar refractivity (Wildman–Crippen MR) is 93.2 cm³/mol. The number of aliphatic hydroxyl groups excluding tert-OH is 1. The predicted octanol–water partition coefficient (Wildman–Crippen LogP) is 2.69.